The van der Waals surface area contributed by atoms with Crippen molar-refractivity contribution < 1.29 is 18.8 Å². The number of carbonyl (C=O) groups is 1. The molecular formula is C20H15BrN2O4. The maximum Gasteiger partial charge on any atom is 0.236 e. The van der Waals surface area contributed by atoms with Crippen LogP contribution < -0.4 is 14.8 Å². The molecule has 1 N–H and O–H groups in total. The highest BCUT2D eigenvalue weighted by molar-refractivity contribution is 9.10. The summed E-state index contributed by atoms with van der Waals surface area (Å²) in [7, 11) is 0. The Bertz CT molecular complexity index is 1040. The summed E-state index contributed by atoms with van der Waals surface area (Å²) >= 11 is 3.42. The van der Waals surface area contributed by atoms with E-state index in [4.69, 9.17) is 14.0 Å². The van der Waals surface area contributed by atoms with Crippen molar-refractivity contribution in [3.63, 3.8) is 0 Å². The summed E-state index contributed by atoms with van der Waals surface area (Å²) in [5.74, 6) is 1.93. The molecule has 0 radical (unpaired) electrons. The zero-order valence-corrected chi connectivity index (χ0v) is 15.8. The lowest BCUT2D eigenvalue weighted by Gasteiger charge is -2.12. The molecule has 1 saturated carbocycles. The Balaban J connectivity index is 1.39. The van der Waals surface area contributed by atoms with Crippen molar-refractivity contribution in [1.29, 1.82) is 0 Å². The van der Waals surface area contributed by atoms with Crippen LogP contribution in [0.4, 0.5) is 5.69 Å². The number of halogens is 1. The first-order chi connectivity index (χ1) is 13.1. The summed E-state index contributed by atoms with van der Waals surface area (Å²) in [4.78, 5) is 12.9. The SMILES string of the molecule is O=C(Nc1cccc(Br)c1)C1(c2cc(-c3ccc4c(c3)OCO4)on2)CC1. The summed E-state index contributed by atoms with van der Waals surface area (Å²) < 4.78 is 17.2. The third-order valence-corrected chi connectivity index (χ3v) is 5.42. The highest BCUT2D eigenvalue weighted by Crippen LogP contribution is 2.49. The molecule has 0 saturated heterocycles. The number of hydrogen-bond donors (Lipinski definition) is 1. The predicted molar refractivity (Wildman–Crippen MR) is 102 cm³/mol. The third kappa shape index (κ3) is 2.88. The fourth-order valence-corrected chi connectivity index (χ4v) is 3.63. The second-order valence-electron chi connectivity index (χ2n) is 6.69. The van der Waals surface area contributed by atoms with Gasteiger partial charge in [0, 0.05) is 21.8 Å². The first kappa shape index (κ1) is 16.4. The minimum atomic E-state index is -0.625. The van der Waals surface area contributed by atoms with Gasteiger partial charge in [-0.2, -0.15) is 0 Å². The average Bonchev–Trinajstić information content (AvgIpc) is 3.11. The second-order valence-corrected chi connectivity index (χ2v) is 7.61. The lowest BCUT2D eigenvalue weighted by molar-refractivity contribution is -0.118. The number of amides is 1. The van der Waals surface area contributed by atoms with Gasteiger partial charge in [0.2, 0.25) is 12.7 Å². The van der Waals surface area contributed by atoms with E-state index in [1.54, 1.807) is 0 Å². The van der Waals surface area contributed by atoms with Crippen LogP contribution in [0.1, 0.15) is 18.5 Å². The molecule has 1 aliphatic heterocycles. The second kappa shape index (κ2) is 6.13. The number of benzene rings is 2. The van der Waals surface area contributed by atoms with Crippen LogP contribution in [0.25, 0.3) is 11.3 Å². The topological polar surface area (TPSA) is 73.6 Å². The summed E-state index contributed by atoms with van der Waals surface area (Å²) in [6, 6.07) is 14.9. The van der Waals surface area contributed by atoms with Gasteiger partial charge in [0.15, 0.2) is 17.3 Å². The van der Waals surface area contributed by atoms with Gasteiger partial charge in [-0.15, -0.1) is 0 Å². The van der Waals surface area contributed by atoms with Gasteiger partial charge in [-0.1, -0.05) is 27.2 Å². The molecule has 5 rings (SSSR count). The molecule has 1 fully saturated rings. The van der Waals surface area contributed by atoms with Crippen molar-refractivity contribution in [3.05, 3.63) is 58.7 Å². The smallest absolute Gasteiger partial charge is 0.236 e. The minimum Gasteiger partial charge on any atom is -0.454 e. The van der Waals surface area contributed by atoms with Crippen LogP contribution in [0.5, 0.6) is 11.5 Å². The van der Waals surface area contributed by atoms with Gasteiger partial charge in [0.05, 0.1) is 11.1 Å². The number of aromatic nitrogens is 1. The first-order valence-electron chi connectivity index (χ1n) is 8.58. The van der Waals surface area contributed by atoms with Crippen molar-refractivity contribution in [1.82, 2.24) is 5.16 Å². The Hall–Kier alpha value is -2.80. The van der Waals surface area contributed by atoms with Gasteiger partial charge in [0.1, 0.15) is 0 Å². The number of nitrogens with one attached hydrogen (secondary N) is 1. The highest BCUT2D eigenvalue weighted by atomic mass is 79.9. The van der Waals surface area contributed by atoms with Crippen LogP contribution in [0, 0.1) is 0 Å². The van der Waals surface area contributed by atoms with E-state index in [9.17, 15) is 4.79 Å². The Morgan fingerprint density at radius 2 is 1.93 bits per heavy atom. The molecule has 0 spiro atoms. The van der Waals surface area contributed by atoms with Gasteiger partial charge in [-0.25, -0.2) is 0 Å². The van der Waals surface area contributed by atoms with E-state index in [1.807, 2.05) is 48.5 Å². The van der Waals surface area contributed by atoms with Crippen molar-refractivity contribution in [3.8, 4) is 22.8 Å². The van der Waals surface area contributed by atoms with E-state index in [1.165, 1.54) is 0 Å². The largest absolute Gasteiger partial charge is 0.454 e. The summed E-state index contributed by atoms with van der Waals surface area (Å²) in [6.45, 7) is 0.222. The molecule has 1 aliphatic carbocycles. The number of ether oxygens (including phenoxy) is 2. The molecule has 27 heavy (non-hydrogen) atoms. The molecule has 0 bridgehead atoms. The normalized spacial score (nSPS) is 16.2. The summed E-state index contributed by atoms with van der Waals surface area (Å²) in [5, 5.41) is 7.16. The van der Waals surface area contributed by atoms with Crippen molar-refractivity contribution in [2.24, 2.45) is 0 Å². The fraction of sp³-hybridized carbons (Fsp3) is 0.200. The number of nitrogens with zero attached hydrogens (tertiary/aromatic N) is 1. The Labute approximate surface area is 163 Å². The molecule has 0 atom stereocenters. The highest BCUT2D eigenvalue weighted by Gasteiger charge is 2.53. The lowest BCUT2D eigenvalue weighted by Crippen LogP contribution is -2.28. The molecule has 0 unspecified atom stereocenters. The van der Waals surface area contributed by atoms with Crippen LogP contribution in [-0.2, 0) is 10.2 Å². The maximum atomic E-state index is 12.9. The molecule has 3 aromatic rings. The van der Waals surface area contributed by atoms with Crippen LogP contribution >= 0.6 is 15.9 Å². The third-order valence-electron chi connectivity index (χ3n) is 4.92. The Kier molecular flexibility index (Phi) is 3.72. The van der Waals surface area contributed by atoms with E-state index in [2.05, 4.69) is 26.4 Å². The van der Waals surface area contributed by atoms with E-state index in [0.29, 0.717) is 23.0 Å². The molecular weight excluding hydrogens is 412 g/mol. The first-order valence-corrected chi connectivity index (χ1v) is 9.38. The van der Waals surface area contributed by atoms with E-state index in [-0.39, 0.29) is 12.7 Å². The summed E-state index contributed by atoms with van der Waals surface area (Å²) in [6.07, 6.45) is 1.50. The fourth-order valence-electron chi connectivity index (χ4n) is 3.23. The van der Waals surface area contributed by atoms with Crippen LogP contribution in [0.3, 0.4) is 0 Å². The van der Waals surface area contributed by atoms with Gasteiger partial charge in [-0.05, 0) is 49.2 Å². The average molecular weight is 427 g/mol. The molecule has 2 aromatic carbocycles. The molecule has 7 heteroatoms. The minimum absolute atomic E-state index is 0.0638. The van der Waals surface area contributed by atoms with Crippen LogP contribution in [0.2, 0.25) is 0 Å². The van der Waals surface area contributed by atoms with Gasteiger partial charge < -0.3 is 19.3 Å². The number of anilines is 1. The molecule has 6 nitrogen and oxygen atoms in total. The van der Waals surface area contributed by atoms with E-state index in [0.717, 1.165) is 28.6 Å². The van der Waals surface area contributed by atoms with Crippen LogP contribution in [-0.4, -0.2) is 17.9 Å². The standard InChI is InChI=1S/C20H15BrN2O4/c21-13-2-1-3-14(9-13)22-19(24)20(6-7-20)18-10-16(27-23-18)12-4-5-15-17(8-12)26-11-25-15/h1-5,8-10H,6-7,11H2,(H,22,24). The molecule has 2 aliphatic rings. The molecule has 1 aromatic heterocycles. The lowest BCUT2D eigenvalue weighted by atomic mass is 10.00. The van der Waals surface area contributed by atoms with E-state index >= 15 is 0 Å². The number of carbonyl (C=O) groups excluding carboxylic acids is 1. The zero-order chi connectivity index (χ0) is 18.4. The molecule has 1 amide bonds. The summed E-state index contributed by atoms with van der Waals surface area (Å²) in [5.41, 5.74) is 1.62. The number of fused-ring (bicyclic) bond motifs is 1. The monoisotopic (exact) mass is 426 g/mol. The van der Waals surface area contributed by atoms with Crippen molar-refractivity contribution >= 4 is 27.5 Å². The van der Waals surface area contributed by atoms with Crippen LogP contribution in [0.15, 0.2) is 57.5 Å². The molecule has 2 heterocycles. The molecule has 136 valence electrons. The van der Waals surface area contributed by atoms with Crippen molar-refractivity contribution in [2.45, 2.75) is 18.3 Å². The quantitative estimate of drug-likeness (QED) is 0.664. The predicted octanol–water partition coefficient (Wildman–Crippen LogP) is 4.50. The number of hydrogen-bond acceptors (Lipinski definition) is 5. The Morgan fingerprint density at radius 1 is 1.07 bits per heavy atom. The van der Waals surface area contributed by atoms with E-state index < -0.39 is 5.41 Å². The Morgan fingerprint density at radius 3 is 2.74 bits per heavy atom. The van der Waals surface area contributed by atoms with Gasteiger partial charge in [-0.3, -0.25) is 4.79 Å². The van der Waals surface area contributed by atoms with Gasteiger partial charge >= 0.3 is 0 Å². The van der Waals surface area contributed by atoms with Crippen molar-refractivity contribution in [2.75, 3.05) is 12.1 Å². The maximum absolute atomic E-state index is 12.9. The zero-order valence-electron chi connectivity index (χ0n) is 14.2. The van der Waals surface area contributed by atoms with Gasteiger partial charge in [0.25, 0.3) is 0 Å². The number of rotatable bonds is 4.